The Labute approximate surface area is 135 Å². The molecule has 0 radical (unpaired) electrons. The first kappa shape index (κ1) is 19.0. The summed E-state index contributed by atoms with van der Waals surface area (Å²) >= 11 is 0. The fourth-order valence-electron chi connectivity index (χ4n) is 5.13. The van der Waals surface area contributed by atoms with Crippen LogP contribution < -0.4 is 0 Å². The summed E-state index contributed by atoms with van der Waals surface area (Å²) in [5.74, 6) is 0.902. The lowest BCUT2D eigenvalue weighted by Gasteiger charge is -2.57. The van der Waals surface area contributed by atoms with Crippen LogP contribution in [0.4, 0.5) is 0 Å². The average molecular weight is 295 g/mol. The van der Waals surface area contributed by atoms with Gasteiger partial charge in [0, 0.05) is 0 Å². The van der Waals surface area contributed by atoms with Gasteiger partial charge in [-0.3, -0.25) is 0 Å². The summed E-state index contributed by atoms with van der Waals surface area (Å²) in [5, 5.41) is 0. The fourth-order valence-corrected chi connectivity index (χ4v) is 5.13. The second-order valence-electron chi connectivity index (χ2n) is 10.7. The van der Waals surface area contributed by atoms with Gasteiger partial charge in [0.15, 0.2) is 0 Å². The van der Waals surface area contributed by atoms with Crippen LogP contribution in [0.25, 0.3) is 0 Å². The SMILES string of the molecule is CCC(C)CCCC1(C)CC(C)(C)CC(C)(C(C)(C)C)C1. The van der Waals surface area contributed by atoms with E-state index < -0.39 is 0 Å². The van der Waals surface area contributed by atoms with Gasteiger partial charge in [0.2, 0.25) is 0 Å². The normalized spacial score (nSPS) is 34.7. The molecule has 126 valence electrons. The van der Waals surface area contributed by atoms with E-state index in [1.165, 1.54) is 44.9 Å². The predicted octanol–water partition coefficient (Wildman–Crippen LogP) is 7.47. The van der Waals surface area contributed by atoms with Crippen LogP contribution in [0.1, 0.15) is 107 Å². The van der Waals surface area contributed by atoms with Gasteiger partial charge in [-0.25, -0.2) is 0 Å². The fraction of sp³-hybridized carbons (Fsp3) is 1.00. The van der Waals surface area contributed by atoms with Crippen LogP contribution in [0.2, 0.25) is 0 Å². The molecule has 0 heterocycles. The number of hydrogen-bond acceptors (Lipinski definition) is 0. The molecule has 0 bridgehead atoms. The molecule has 0 N–H and O–H groups in total. The van der Waals surface area contributed by atoms with Gasteiger partial charge >= 0.3 is 0 Å². The van der Waals surface area contributed by atoms with Gasteiger partial charge in [0.05, 0.1) is 0 Å². The molecule has 0 nitrogen and oxygen atoms in total. The third-order valence-corrected chi connectivity index (χ3v) is 6.58. The Hall–Kier alpha value is 0. The van der Waals surface area contributed by atoms with Crippen LogP contribution in [0, 0.1) is 27.6 Å². The summed E-state index contributed by atoms with van der Waals surface area (Å²) in [6, 6.07) is 0. The zero-order valence-corrected chi connectivity index (χ0v) is 16.5. The molecule has 0 aliphatic heterocycles. The molecule has 3 atom stereocenters. The molecule has 3 unspecified atom stereocenters. The summed E-state index contributed by atoms with van der Waals surface area (Å²) in [5.41, 5.74) is 1.91. The lowest BCUT2D eigenvalue weighted by atomic mass is 9.48. The summed E-state index contributed by atoms with van der Waals surface area (Å²) in [4.78, 5) is 0. The molecule has 0 aromatic carbocycles. The van der Waals surface area contributed by atoms with Crippen LogP contribution in [-0.2, 0) is 0 Å². The maximum atomic E-state index is 2.58. The Kier molecular flexibility index (Phi) is 5.67. The van der Waals surface area contributed by atoms with Gasteiger partial charge < -0.3 is 0 Å². The van der Waals surface area contributed by atoms with Crippen molar-refractivity contribution in [2.45, 2.75) is 107 Å². The van der Waals surface area contributed by atoms with E-state index in [4.69, 9.17) is 0 Å². The quantitative estimate of drug-likeness (QED) is 0.493. The van der Waals surface area contributed by atoms with E-state index in [9.17, 15) is 0 Å². The molecule has 0 aromatic heterocycles. The first-order valence-electron chi connectivity index (χ1n) is 9.33. The Bertz CT molecular complexity index is 332. The van der Waals surface area contributed by atoms with Crippen molar-refractivity contribution in [1.29, 1.82) is 0 Å². The topological polar surface area (TPSA) is 0 Å². The Morgan fingerprint density at radius 2 is 1.52 bits per heavy atom. The molecule has 0 amide bonds. The maximum absolute atomic E-state index is 2.58. The van der Waals surface area contributed by atoms with Crippen LogP contribution in [-0.4, -0.2) is 0 Å². The van der Waals surface area contributed by atoms with Crippen molar-refractivity contribution in [1.82, 2.24) is 0 Å². The Balaban J connectivity index is 2.81. The molecule has 0 heteroatoms. The van der Waals surface area contributed by atoms with Crippen LogP contribution in [0.15, 0.2) is 0 Å². The highest BCUT2D eigenvalue weighted by Gasteiger charge is 2.51. The highest BCUT2D eigenvalue weighted by molar-refractivity contribution is 5.01. The monoisotopic (exact) mass is 294 g/mol. The molecule has 1 aliphatic carbocycles. The van der Waals surface area contributed by atoms with E-state index in [0.717, 1.165) is 5.92 Å². The van der Waals surface area contributed by atoms with E-state index in [-0.39, 0.29) is 0 Å². The molecular formula is C21H42. The van der Waals surface area contributed by atoms with Crippen LogP contribution in [0.5, 0.6) is 0 Å². The molecule has 0 aromatic rings. The van der Waals surface area contributed by atoms with Crippen molar-refractivity contribution in [3.63, 3.8) is 0 Å². The van der Waals surface area contributed by atoms with Crippen LogP contribution in [0.3, 0.4) is 0 Å². The first-order valence-corrected chi connectivity index (χ1v) is 9.33. The molecular weight excluding hydrogens is 252 g/mol. The van der Waals surface area contributed by atoms with E-state index in [1.807, 2.05) is 0 Å². The molecule has 0 saturated heterocycles. The average Bonchev–Trinajstić information content (AvgIpc) is 2.23. The Morgan fingerprint density at radius 1 is 0.952 bits per heavy atom. The lowest BCUT2D eigenvalue weighted by molar-refractivity contribution is -0.0682. The molecule has 1 rings (SSSR count). The minimum atomic E-state index is 0.405. The van der Waals surface area contributed by atoms with Crippen molar-refractivity contribution in [3.05, 3.63) is 0 Å². The summed E-state index contributed by atoms with van der Waals surface area (Å²) in [6.07, 6.45) is 9.79. The van der Waals surface area contributed by atoms with Gasteiger partial charge in [0.25, 0.3) is 0 Å². The predicted molar refractivity (Wildman–Crippen MR) is 96.6 cm³/mol. The minimum Gasteiger partial charge on any atom is -0.0651 e. The highest BCUT2D eigenvalue weighted by Crippen LogP contribution is 2.61. The van der Waals surface area contributed by atoms with Gasteiger partial charge in [0.1, 0.15) is 0 Å². The third kappa shape index (κ3) is 5.00. The Morgan fingerprint density at radius 3 is 2.00 bits per heavy atom. The van der Waals surface area contributed by atoms with E-state index in [0.29, 0.717) is 21.7 Å². The smallest absolute Gasteiger partial charge is 0.0267 e. The highest BCUT2D eigenvalue weighted by atomic mass is 14.6. The number of rotatable bonds is 5. The molecule has 21 heavy (non-hydrogen) atoms. The molecule has 0 spiro atoms. The summed E-state index contributed by atoms with van der Waals surface area (Å²) in [7, 11) is 0. The van der Waals surface area contributed by atoms with E-state index in [1.54, 1.807) is 0 Å². The largest absolute Gasteiger partial charge is 0.0651 e. The first-order chi connectivity index (χ1) is 9.33. The third-order valence-electron chi connectivity index (χ3n) is 6.58. The standard InChI is InChI=1S/C21H42/c1-10-17(2)12-11-13-20(8)14-19(6,7)15-21(9,16-20)18(3,4)5/h17H,10-16H2,1-9H3. The van der Waals surface area contributed by atoms with Gasteiger partial charge in [-0.2, -0.15) is 0 Å². The van der Waals surface area contributed by atoms with E-state index in [2.05, 4.69) is 62.3 Å². The van der Waals surface area contributed by atoms with Crippen molar-refractivity contribution >= 4 is 0 Å². The van der Waals surface area contributed by atoms with E-state index >= 15 is 0 Å². The van der Waals surface area contributed by atoms with Crippen molar-refractivity contribution in [2.75, 3.05) is 0 Å². The zero-order valence-electron chi connectivity index (χ0n) is 16.5. The maximum Gasteiger partial charge on any atom is -0.0267 e. The summed E-state index contributed by atoms with van der Waals surface area (Å²) < 4.78 is 0. The van der Waals surface area contributed by atoms with Crippen molar-refractivity contribution < 1.29 is 0 Å². The lowest BCUT2D eigenvalue weighted by Crippen LogP contribution is -2.47. The molecule has 1 aliphatic rings. The second-order valence-corrected chi connectivity index (χ2v) is 10.7. The zero-order chi connectivity index (χ0) is 16.5. The van der Waals surface area contributed by atoms with Gasteiger partial charge in [-0.05, 0) is 53.3 Å². The second kappa shape index (κ2) is 6.25. The van der Waals surface area contributed by atoms with Gasteiger partial charge in [-0.1, -0.05) is 81.6 Å². The summed E-state index contributed by atoms with van der Waals surface area (Å²) in [6.45, 7) is 22.2. The van der Waals surface area contributed by atoms with Gasteiger partial charge in [-0.15, -0.1) is 0 Å². The molecule has 1 saturated carbocycles. The van der Waals surface area contributed by atoms with Crippen molar-refractivity contribution in [3.8, 4) is 0 Å². The molecule has 1 fully saturated rings. The van der Waals surface area contributed by atoms with Crippen molar-refractivity contribution in [2.24, 2.45) is 27.6 Å². The minimum absolute atomic E-state index is 0.405. The van der Waals surface area contributed by atoms with Crippen LogP contribution >= 0.6 is 0 Å². The number of hydrogen-bond donors (Lipinski definition) is 0.